The molecule has 0 spiro atoms. The minimum atomic E-state index is -3.78. The van der Waals surface area contributed by atoms with Crippen LogP contribution in [0.4, 0.5) is 5.69 Å². The molecule has 24 heavy (non-hydrogen) atoms. The fourth-order valence-electron chi connectivity index (χ4n) is 2.05. The second kappa shape index (κ2) is 6.76. The minimum Gasteiger partial charge on any atom is -0.346 e. The zero-order chi connectivity index (χ0) is 17.9. The second-order valence-corrected chi connectivity index (χ2v) is 6.38. The molecule has 0 bridgehead atoms. The summed E-state index contributed by atoms with van der Waals surface area (Å²) in [6.45, 7) is 2.08. The summed E-state index contributed by atoms with van der Waals surface area (Å²) < 4.78 is 23.6. The number of carbonyl (C=O) groups excluding carboxylic acids is 1. The number of nitrogens with two attached hydrogens (primary N) is 1. The molecule has 2 rings (SSSR count). The van der Waals surface area contributed by atoms with E-state index in [1.807, 2.05) is 0 Å². The maximum Gasteiger partial charge on any atom is 0.320 e. The van der Waals surface area contributed by atoms with Crippen molar-refractivity contribution in [3.63, 3.8) is 0 Å². The van der Waals surface area contributed by atoms with Crippen molar-refractivity contribution in [3.05, 3.63) is 51.8 Å². The molecule has 1 aromatic heterocycles. The van der Waals surface area contributed by atoms with Crippen molar-refractivity contribution in [2.24, 2.45) is 5.14 Å². The van der Waals surface area contributed by atoms with Gasteiger partial charge in [0.05, 0.1) is 9.82 Å². The van der Waals surface area contributed by atoms with Gasteiger partial charge in [0.25, 0.3) is 5.91 Å². The highest BCUT2D eigenvalue weighted by Gasteiger charge is 2.26. The molecular formula is C13H15N5O5S. The quantitative estimate of drug-likeness (QED) is 0.566. The van der Waals surface area contributed by atoms with Crippen LogP contribution in [-0.2, 0) is 23.1 Å². The third-order valence-corrected chi connectivity index (χ3v) is 4.17. The molecule has 0 aliphatic heterocycles. The van der Waals surface area contributed by atoms with Gasteiger partial charge in [-0.1, -0.05) is 12.1 Å². The number of nitrogens with one attached hydrogen (secondary N) is 1. The highest BCUT2D eigenvalue weighted by Crippen LogP contribution is 2.18. The van der Waals surface area contributed by atoms with Gasteiger partial charge in [0, 0.05) is 13.1 Å². The molecule has 11 heteroatoms. The highest BCUT2D eigenvalue weighted by atomic mass is 32.2. The Hall–Kier alpha value is -2.79. The lowest BCUT2D eigenvalue weighted by Crippen LogP contribution is -2.26. The molecule has 1 heterocycles. The van der Waals surface area contributed by atoms with Gasteiger partial charge in [-0.25, -0.2) is 13.6 Å². The Morgan fingerprint density at radius 1 is 1.38 bits per heavy atom. The van der Waals surface area contributed by atoms with Gasteiger partial charge in [-0.2, -0.15) is 5.10 Å². The van der Waals surface area contributed by atoms with Crippen LogP contribution in [0.15, 0.2) is 35.4 Å². The van der Waals surface area contributed by atoms with E-state index in [4.69, 9.17) is 5.14 Å². The van der Waals surface area contributed by atoms with Crippen LogP contribution in [0.1, 0.15) is 23.0 Å². The standard InChI is InChI=1S/C13H15N5O5S/c1-2-17-12(11(8-16-17)18(20)21)13(19)15-7-9-3-5-10(6-4-9)24(14,22)23/h3-6,8H,2,7H2,1H3,(H,15,19)(H2,14,22,23). The van der Waals surface area contributed by atoms with Crippen LogP contribution in [0.3, 0.4) is 0 Å². The number of benzene rings is 1. The SMILES string of the molecule is CCn1ncc([N+](=O)[O-])c1C(=O)NCc1ccc(S(N)(=O)=O)cc1. The number of hydrogen-bond donors (Lipinski definition) is 2. The number of aromatic nitrogens is 2. The smallest absolute Gasteiger partial charge is 0.320 e. The van der Waals surface area contributed by atoms with Crippen LogP contribution >= 0.6 is 0 Å². The van der Waals surface area contributed by atoms with Gasteiger partial charge in [0.15, 0.2) is 0 Å². The van der Waals surface area contributed by atoms with Gasteiger partial charge < -0.3 is 5.32 Å². The van der Waals surface area contributed by atoms with Gasteiger partial charge in [0.2, 0.25) is 15.7 Å². The molecule has 0 saturated heterocycles. The van der Waals surface area contributed by atoms with Crippen molar-refractivity contribution in [2.45, 2.75) is 24.9 Å². The van der Waals surface area contributed by atoms with E-state index in [2.05, 4.69) is 10.4 Å². The first-order valence-electron chi connectivity index (χ1n) is 6.84. The number of carbonyl (C=O) groups is 1. The van der Waals surface area contributed by atoms with Gasteiger partial charge >= 0.3 is 5.69 Å². The van der Waals surface area contributed by atoms with Gasteiger partial charge in [-0.3, -0.25) is 19.6 Å². The number of sulfonamides is 1. The largest absolute Gasteiger partial charge is 0.346 e. The number of hydrogen-bond acceptors (Lipinski definition) is 6. The molecule has 128 valence electrons. The molecular weight excluding hydrogens is 338 g/mol. The van der Waals surface area contributed by atoms with E-state index >= 15 is 0 Å². The summed E-state index contributed by atoms with van der Waals surface area (Å²) in [5, 5.41) is 22.3. The zero-order valence-electron chi connectivity index (χ0n) is 12.7. The first-order valence-corrected chi connectivity index (χ1v) is 8.38. The Balaban J connectivity index is 2.14. The molecule has 10 nitrogen and oxygen atoms in total. The maximum absolute atomic E-state index is 12.2. The molecule has 1 amide bonds. The van der Waals surface area contributed by atoms with E-state index in [9.17, 15) is 23.3 Å². The summed E-state index contributed by atoms with van der Waals surface area (Å²) in [6.07, 6.45) is 1.03. The molecule has 0 atom stereocenters. The monoisotopic (exact) mass is 353 g/mol. The lowest BCUT2D eigenvalue weighted by atomic mass is 10.2. The Morgan fingerprint density at radius 3 is 2.50 bits per heavy atom. The zero-order valence-corrected chi connectivity index (χ0v) is 13.5. The van der Waals surface area contributed by atoms with Crippen molar-refractivity contribution in [1.82, 2.24) is 15.1 Å². The lowest BCUT2D eigenvalue weighted by Gasteiger charge is -2.07. The van der Waals surface area contributed by atoms with E-state index in [1.54, 1.807) is 6.92 Å². The van der Waals surface area contributed by atoms with E-state index in [0.29, 0.717) is 12.1 Å². The van der Waals surface area contributed by atoms with Gasteiger partial charge in [0.1, 0.15) is 6.20 Å². The van der Waals surface area contributed by atoms with E-state index in [-0.39, 0.29) is 22.8 Å². The van der Waals surface area contributed by atoms with Crippen LogP contribution < -0.4 is 10.5 Å². The van der Waals surface area contributed by atoms with Crippen LogP contribution in [-0.4, -0.2) is 29.0 Å². The van der Waals surface area contributed by atoms with Crippen LogP contribution in [0.2, 0.25) is 0 Å². The molecule has 2 aromatic rings. The van der Waals surface area contributed by atoms with Crippen LogP contribution in [0.25, 0.3) is 0 Å². The summed E-state index contributed by atoms with van der Waals surface area (Å²) in [6, 6.07) is 5.61. The molecule has 0 saturated carbocycles. The van der Waals surface area contributed by atoms with Gasteiger partial charge in [-0.15, -0.1) is 0 Å². The first-order chi connectivity index (χ1) is 11.2. The van der Waals surface area contributed by atoms with E-state index < -0.39 is 20.9 Å². The third kappa shape index (κ3) is 3.75. The molecule has 0 fully saturated rings. The number of amides is 1. The lowest BCUT2D eigenvalue weighted by molar-refractivity contribution is -0.385. The van der Waals surface area contributed by atoms with Crippen molar-refractivity contribution in [3.8, 4) is 0 Å². The fraction of sp³-hybridized carbons (Fsp3) is 0.231. The van der Waals surface area contributed by atoms with E-state index in [1.165, 1.54) is 28.9 Å². The summed E-state index contributed by atoms with van der Waals surface area (Å²) in [5.41, 5.74) is 0.101. The topological polar surface area (TPSA) is 150 Å². The molecule has 1 aromatic carbocycles. The molecule has 3 N–H and O–H groups in total. The number of primary sulfonamides is 1. The summed E-state index contributed by atoms with van der Waals surface area (Å²) in [4.78, 5) is 22.5. The van der Waals surface area contributed by atoms with Gasteiger partial charge in [-0.05, 0) is 24.6 Å². The molecule has 0 unspecified atom stereocenters. The number of nitrogens with zero attached hydrogens (tertiary/aromatic N) is 3. The Kier molecular flexibility index (Phi) is 4.95. The maximum atomic E-state index is 12.2. The molecule has 0 aliphatic rings. The van der Waals surface area contributed by atoms with Crippen LogP contribution in [0.5, 0.6) is 0 Å². The summed E-state index contributed by atoms with van der Waals surface area (Å²) in [5.74, 6) is -0.642. The number of nitro groups is 1. The Morgan fingerprint density at radius 2 is 2.00 bits per heavy atom. The molecule has 0 radical (unpaired) electrons. The van der Waals surface area contributed by atoms with Crippen molar-refractivity contribution >= 4 is 21.6 Å². The number of rotatable bonds is 6. The average molecular weight is 353 g/mol. The molecule has 0 aliphatic carbocycles. The second-order valence-electron chi connectivity index (χ2n) is 4.82. The van der Waals surface area contributed by atoms with Crippen LogP contribution in [0, 0.1) is 10.1 Å². The number of aryl methyl sites for hydroxylation is 1. The Bertz CT molecular complexity index is 873. The minimum absolute atomic E-state index is 0.0442. The summed E-state index contributed by atoms with van der Waals surface area (Å²) >= 11 is 0. The Labute approximate surface area is 137 Å². The predicted molar refractivity (Wildman–Crippen MR) is 83.5 cm³/mol. The first kappa shape index (κ1) is 17.6. The van der Waals surface area contributed by atoms with Crippen molar-refractivity contribution in [1.29, 1.82) is 0 Å². The van der Waals surface area contributed by atoms with Crippen molar-refractivity contribution < 1.29 is 18.1 Å². The average Bonchev–Trinajstić information content (AvgIpc) is 2.96. The highest BCUT2D eigenvalue weighted by molar-refractivity contribution is 7.89. The fourth-order valence-corrected chi connectivity index (χ4v) is 2.56. The normalized spacial score (nSPS) is 11.2. The summed E-state index contributed by atoms with van der Waals surface area (Å²) in [7, 11) is -3.78. The van der Waals surface area contributed by atoms with E-state index in [0.717, 1.165) is 6.20 Å². The van der Waals surface area contributed by atoms with Crippen molar-refractivity contribution in [2.75, 3.05) is 0 Å². The third-order valence-electron chi connectivity index (χ3n) is 3.24. The predicted octanol–water partition coefficient (Wildman–Crippen LogP) is 0.389.